The van der Waals surface area contributed by atoms with E-state index in [4.69, 9.17) is 4.74 Å². The summed E-state index contributed by atoms with van der Waals surface area (Å²) in [7, 11) is 1.54. The number of methoxy groups -OCH3 is 1. The van der Waals surface area contributed by atoms with Crippen molar-refractivity contribution in [2.24, 2.45) is 0 Å². The predicted octanol–water partition coefficient (Wildman–Crippen LogP) is 2.53. The Bertz CT molecular complexity index is 770. The van der Waals surface area contributed by atoms with Gasteiger partial charge in [0.15, 0.2) is 5.82 Å². The van der Waals surface area contributed by atoms with Gasteiger partial charge in [-0.15, -0.1) is 0 Å². The molecule has 0 saturated heterocycles. The van der Waals surface area contributed by atoms with Crippen LogP contribution >= 0.6 is 0 Å². The molecule has 0 bridgehead atoms. The number of benzene rings is 1. The van der Waals surface area contributed by atoms with Crippen LogP contribution in [0.5, 0.6) is 6.01 Å². The van der Waals surface area contributed by atoms with Crippen LogP contribution in [0.2, 0.25) is 0 Å². The second-order valence-electron chi connectivity index (χ2n) is 4.41. The lowest BCUT2D eigenvalue weighted by atomic mass is 10.1. The van der Waals surface area contributed by atoms with Gasteiger partial charge < -0.3 is 10.1 Å². The summed E-state index contributed by atoms with van der Waals surface area (Å²) in [5, 5.41) is 5.16. The summed E-state index contributed by atoms with van der Waals surface area (Å²) in [5.74, 6) is 1.04. The minimum absolute atomic E-state index is 0.281. The Morgan fingerprint density at radius 2 is 1.95 bits per heavy atom. The molecule has 0 amide bonds. The van der Waals surface area contributed by atoms with E-state index in [0.29, 0.717) is 11.8 Å². The number of anilines is 1. The highest BCUT2D eigenvalue weighted by Crippen LogP contribution is 2.26. The molecular weight excluding hydrogens is 266 g/mol. The standard InChI is InChI=1S/C15H15N5O/c1-3-17-14-18-13(19-15(20-14)21-2)12-9-16-8-10-6-4-5-7-11(10)12/h4-9H,3H2,1-2H3,(H,17,18,19,20). The highest BCUT2D eigenvalue weighted by molar-refractivity contribution is 5.94. The zero-order chi connectivity index (χ0) is 14.7. The number of ether oxygens (including phenoxy) is 1. The van der Waals surface area contributed by atoms with Gasteiger partial charge in [0.25, 0.3) is 0 Å². The highest BCUT2D eigenvalue weighted by atomic mass is 16.5. The van der Waals surface area contributed by atoms with Crippen LogP contribution in [0.15, 0.2) is 36.7 Å². The Labute approximate surface area is 122 Å². The van der Waals surface area contributed by atoms with Crippen molar-refractivity contribution in [1.82, 2.24) is 19.9 Å². The van der Waals surface area contributed by atoms with Crippen molar-refractivity contribution < 1.29 is 4.74 Å². The molecule has 0 fully saturated rings. The third-order valence-electron chi connectivity index (χ3n) is 3.04. The number of rotatable bonds is 4. The van der Waals surface area contributed by atoms with Crippen molar-refractivity contribution in [3.8, 4) is 17.4 Å². The minimum atomic E-state index is 0.281. The van der Waals surface area contributed by atoms with Crippen LogP contribution in [0.3, 0.4) is 0 Å². The number of aromatic nitrogens is 4. The van der Waals surface area contributed by atoms with Gasteiger partial charge in [0.2, 0.25) is 5.95 Å². The van der Waals surface area contributed by atoms with Gasteiger partial charge in [0, 0.05) is 29.9 Å². The second-order valence-corrected chi connectivity index (χ2v) is 4.41. The van der Waals surface area contributed by atoms with E-state index in [-0.39, 0.29) is 6.01 Å². The monoisotopic (exact) mass is 281 g/mol. The SMILES string of the molecule is CCNc1nc(OC)nc(-c2cncc3ccccc23)n1. The number of hydrogen-bond donors (Lipinski definition) is 1. The van der Waals surface area contributed by atoms with Crippen LogP contribution in [0.1, 0.15) is 6.92 Å². The van der Waals surface area contributed by atoms with E-state index in [2.05, 4.69) is 25.3 Å². The maximum Gasteiger partial charge on any atom is 0.321 e. The average molecular weight is 281 g/mol. The second kappa shape index (κ2) is 5.70. The minimum Gasteiger partial charge on any atom is -0.467 e. The van der Waals surface area contributed by atoms with Gasteiger partial charge in [0.05, 0.1) is 7.11 Å². The number of nitrogens with zero attached hydrogens (tertiary/aromatic N) is 4. The smallest absolute Gasteiger partial charge is 0.321 e. The lowest BCUT2D eigenvalue weighted by Gasteiger charge is -2.08. The lowest BCUT2D eigenvalue weighted by Crippen LogP contribution is -2.06. The van der Waals surface area contributed by atoms with E-state index >= 15 is 0 Å². The molecule has 2 aromatic heterocycles. The summed E-state index contributed by atoms with van der Waals surface area (Å²) in [6.07, 6.45) is 3.58. The van der Waals surface area contributed by atoms with Crippen molar-refractivity contribution >= 4 is 16.7 Å². The molecule has 0 aliphatic rings. The first-order valence-corrected chi connectivity index (χ1v) is 6.69. The van der Waals surface area contributed by atoms with Crippen LogP contribution in [0.25, 0.3) is 22.2 Å². The van der Waals surface area contributed by atoms with Crippen LogP contribution in [-0.4, -0.2) is 33.6 Å². The molecule has 0 spiro atoms. The molecule has 0 aliphatic heterocycles. The maximum atomic E-state index is 5.15. The van der Waals surface area contributed by atoms with Gasteiger partial charge >= 0.3 is 6.01 Å². The van der Waals surface area contributed by atoms with Gasteiger partial charge in [-0.25, -0.2) is 0 Å². The van der Waals surface area contributed by atoms with E-state index < -0.39 is 0 Å². The molecule has 6 heteroatoms. The van der Waals surface area contributed by atoms with E-state index in [9.17, 15) is 0 Å². The van der Waals surface area contributed by atoms with Gasteiger partial charge in [-0.2, -0.15) is 15.0 Å². The Morgan fingerprint density at radius 3 is 2.76 bits per heavy atom. The average Bonchev–Trinajstić information content (AvgIpc) is 2.54. The molecule has 3 aromatic rings. The predicted molar refractivity (Wildman–Crippen MR) is 81.3 cm³/mol. The van der Waals surface area contributed by atoms with Crippen LogP contribution < -0.4 is 10.1 Å². The molecule has 1 aromatic carbocycles. The number of hydrogen-bond acceptors (Lipinski definition) is 6. The molecule has 3 rings (SSSR count). The normalized spacial score (nSPS) is 10.6. The Morgan fingerprint density at radius 1 is 1.10 bits per heavy atom. The fraction of sp³-hybridized carbons (Fsp3) is 0.200. The molecule has 0 aliphatic carbocycles. The largest absolute Gasteiger partial charge is 0.467 e. The van der Waals surface area contributed by atoms with Crippen molar-refractivity contribution in [2.45, 2.75) is 6.92 Å². The summed E-state index contributed by atoms with van der Waals surface area (Å²) in [4.78, 5) is 17.2. The molecule has 6 nitrogen and oxygen atoms in total. The van der Waals surface area contributed by atoms with Crippen molar-refractivity contribution in [1.29, 1.82) is 0 Å². The molecule has 0 radical (unpaired) electrons. The summed E-state index contributed by atoms with van der Waals surface area (Å²) < 4.78 is 5.15. The Hall–Kier alpha value is -2.76. The van der Waals surface area contributed by atoms with Crippen molar-refractivity contribution in [3.63, 3.8) is 0 Å². The van der Waals surface area contributed by atoms with Gasteiger partial charge in [-0.05, 0) is 12.3 Å². The van der Waals surface area contributed by atoms with E-state index in [1.165, 1.54) is 7.11 Å². The number of nitrogens with one attached hydrogen (secondary N) is 1. The molecule has 0 saturated carbocycles. The topological polar surface area (TPSA) is 72.8 Å². The highest BCUT2D eigenvalue weighted by Gasteiger charge is 2.11. The van der Waals surface area contributed by atoms with E-state index in [0.717, 1.165) is 22.9 Å². The third kappa shape index (κ3) is 2.60. The summed E-state index contributed by atoms with van der Waals surface area (Å²) >= 11 is 0. The van der Waals surface area contributed by atoms with Crippen LogP contribution in [0.4, 0.5) is 5.95 Å². The van der Waals surface area contributed by atoms with Crippen LogP contribution in [0, 0.1) is 0 Å². The van der Waals surface area contributed by atoms with E-state index in [1.54, 1.807) is 6.20 Å². The molecular formula is C15H15N5O. The van der Waals surface area contributed by atoms with Crippen LogP contribution in [-0.2, 0) is 0 Å². The first kappa shape index (κ1) is 13.2. The van der Waals surface area contributed by atoms with Crippen molar-refractivity contribution in [3.05, 3.63) is 36.7 Å². The van der Waals surface area contributed by atoms with E-state index in [1.807, 2.05) is 37.4 Å². The zero-order valence-corrected chi connectivity index (χ0v) is 11.9. The van der Waals surface area contributed by atoms with Gasteiger partial charge in [-0.3, -0.25) is 4.98 Å². The molecule has 2 heterocycles. The first-order valence-electron chi connectivity index (χ1n) is 6.69. The summed E-state index contributed by atoms with van der Waals surface area (Å²) in [6.45, 7) is 2.70. The third-order valence-corrected chi connectivity index (χ3v) is 3.04. The fourth-order valence-electron chi connectivity index (χ4n) is 2.10. The quantitative estimate of drug-likeness (QED) is 0.792. The molecule has 1 N–H and O–H groups in total. The van der Waals surface area contributed by atoms with Gasteiger partial charge in [0.1, 0.15) is 0 Å². The van der Waals surface area contributed by atoms with Crippen molar-refractivity contribution in [2.75, 3.05) is 19.0 Å². The van der Waals surface area contributed by atoms with Gasteiger partial charge in [-0.1, -0.05) is 24.3 Å². The lowest BCUT2D eigenvalue weighted by molar-refractivity contribution is 0.379. The summed E-state index contributed by atoms with van der Waals surface area (Å²) in [6, 6.07) is 8.27. The Kier molecular flexibility index (Phi) is 3.59. The summed E-state index contributed by atoms with van der Waals surface area (Å²) in [5.41, 5.74) is 0.855. The zero-order valence-electron chi connectivity index (χ0n) is 11.9. The molecule has 0 unspecified atom stereocenters. The first-order chi connectivity index (χ1) is 10.3. The maximum absolute atomic E-state index is 5.15. The molecule has 0 atom stereocenters. The molecule has 106 valence electrons. The number of fused-ring (bicyclic) bond motifs is 1. The number of pyridine rings is 1. The fourth-order valence-corrected chi connectivity index (χ4v) is 2.10. The Balaban J connectivity index is 2.20. The molecule has 21 heavy (non-hydrogen) atoms.